The first-order valence-corrected chi connectivity index (χ1v) is 8.62. The SMILES string of the molecule is C[C@@H]1CC[C@@H](C(C)(C)C)[C@](O)(CS(=O)(=O)N(C)C)C1. The lowest BCUT2D eigenvalue weighted by molar-refractivity contribution is -0.0862. The van der Waals surface area contributed by atoms with Crippen molar-refractivity contribution in [1.29, 1.82) is 0 Å². The Morgan fingerprint density at radius 3 is 2.21 bits per heavy atom. The predicted molar refractivity (Wildman–Crippen MR) is 78.4 cm³/mol. The number of rotatable bonds is 3. The van der Waals surface area contributed by atoms with E-state index in [1.165, 1.54) is 18.4 Å². The van der Waals surface area contributed by atoms with Gasteiger partial charge in [0, 0.05) is 14.1 Å². The third kappa shape index (κ3) is 3.92. The molecule has 1 rings (SSSR count). The van der Waals surface area contributed by atoms with Gasteiger partial charge in [-0.15, -0.1) is 0 Å². The maximum Gasteiger partial charge on any atom is 0.216 e. The van der Waals surface area contributed by atoms with Gasteiger partial charge in [-0.2, -0.15) is 0 Å². The average Bonchev–Trinajstić information content (AvgIpc) is 2.12. The van der Waals surface area contributed by atoms with Crippen LogP contribution in [0.4, 0.5) is 0 Å². The molecule has 0 bridgehead atoms. The lowest BCUT2D eigenvalue weighted by atomic mass is 9.62. The van der Waals surface area contributed by atoms with Crippen LogP contribution in [0.2, 0.25) is 0 Å². The number of hydrogen-bond acceptors (Lipinski definition) is 3. The highest BCUT2D eigenvalue weighted by Gasteiger charge is 2.49. The lowest BCUT2D eigenvalue weighted by Crippen LogP contribution is -2.54. The first-order valence-electron chi connectivity index (χ1n) is 7.01. The van der Waals surface area contributed by atoms with E-state index in [4.69, 9.17) is 0 Å². The van der Waals surface area contributed by atoms with Gasteiger partial charge < -0.3 is 5.11 Å². The zero-order valence-corrected chi connectivity index (χ0v) is 13.9. The van der Waals surface area contributed by atoms with Crippen LogP contribution in [0.25, 0.3) is 0 Å². The molecular formula is C14H29NO3S. The van der Waals surface area contributed by atoms with Crippen LogP contribution in [0.5, 0.6) is 0 Å². The van der Waals surface area contributed by atoms with Crippen molar-refractivity contribution in [2.75, 3.05) is 19.8 Å². The van der Waals surface area contributed by atoms with Gasteiger partial charge in [-0.05, 0) is 30.1 Å². The van der Waals surface area contributed by atoms with E-state index in [0.29, 0.717) is 12.3 Å². The molecule has 114 valence electrons. The van der Waals surface area contributed by atoms with Crippen molar-refractivity contribution in [2.24, 2.45) is 17.3 Å². The smallest absolute Gasteiger partial charge is 0.216 e. The average molecular weight is 291 g/mol. The molecule has 0 unspecified atom stereocenters. The van der Waals surface area contributed by atoms with E-state index in [2.05, 4.69) is 27.7 Å². The van der Waals surface area contributed by atoms with Gasteiger partial charge in [-0.3, -0.25) is 0 Å². The Bertz CT molecular complexity index is 411. The largest absolute Gasteiger partial charge is 0.388 e. The van der Waals surface area contributed by atoms with Crippen LogP contribution in [-0.4, -0.2) is 43.3 Å². The molecule has 0 aliphatic heterocycles. The highest BCUT2D eigenvalue weighted by molar-refractivity contribution is 7.89. The zero-order valence-electron chi connectivity index (χ0n) is 13.1. The molecule has 1 saturated carbocycles. The van der Waals surface area contributed by atoms with E-state index in [-0.39, 0.29) is 17.1 Å². The van der Waals surface area contributed by atoms with Crippen molar-refractivity contribution in [3.05, 3.63) is 0 Å². The summed E-state index contributed by atoms with van der Waals surface area (Å²) in [4.78, 5) is 0. The van der Waals surface area contributed by atoms with Gasteiger partial charge in [0.1, 0.15) is 0 Å². The fourth-order valence-electron chi connectivity index (χ4n) is 3.41. The standard InChI is InChI=1S/C14H29NO3S/c1-11-7-8-12(13(2,3)4)14(16,9-11)10-19(17,18)15(5)6/h11-12,16H,7-10H2,1-6H3/t11-,12+,14-/m1/s1. The maximum absolute atomic E-state index is 12.1. The summed E-state index contributed by atoms with van der Waals surface area (Å²) >= 11 is 0. The third-order valence-corrected chi connectivity index (χ3v) is 6.31. The van der Waals surface area contributed by atoms with Crippen molar-refractivity contribution < 1.29 is 13.5 Å². The monoisotopic (exact) mass is 291 g/mol. The van der Waals surface area contributed by atoms with E-state index < -0.39 is 15.6 Å². The van der Waals surface area contributed by atoms with Gasteiger partial charge in [0.05, 0.1) is 11.4 Å². The zero-order chi connectivity index (χ0) is 15.1. The number of sulfonamides is 1. The van der Waals surface area contributed by atoms with Crippen molar-refractivity contribution in [2.45, 2.75) is 52.6 Å². The molecule has 0 amide bonds. The number of aliphatic hydroxyl groups is 1. The fourth-order valence-corrected chi connectivity index (χ4v) is 4.62. The van der Waals surface area contributed by atoms with E-state index in [9.17, 15) is 13.5 Å². The van der Waals surface area contributed by atoms with Crippen LogP contribution in [-0.2, 0) is 10.0 Å². The number of nitrogens with zero attached hydrogens (tertiary/aromatic N) is 1. The Morgan fingerprint density at radius 2 is 1.79 bits per heavy atom. The second-order valence-corrected chi connectivity index (χ2v) is 9.63. The minimum Gasteiger partial charge on any atom is -0.388 e. The lowest BCUT2D eigenvalue weighted by Gasteiger charge is -2.48. The first-order chi connectivity index (χ1) is 8.38. The normalized spacial score (nSPS) is 33.7. The van der Waals surface area contributed by atoms with Crippen molar-refractivity contribution in [3.8, 4) is 0 Å². The topological polar surface area (TPSA) is 57.6 Å². The van der Waals surface area contributed by atoms with Crippen LogP contribution in [0.1, 0.15) is 47.0 Å². The van der Waals surface area contributed by atoms with Crippen LogP contribution in [0, 0.1) is 17.3 Å². The highest BCUT2D eigenvalue weighted by atomic mass is 32.2. The van der Waals surface area contributed by atoms with Crippen LogP contribution in [0.15, 0.2) is 0 Å². The third-order valence-electron chi connectivity index (χ3n) is 4.33. The van der Waals surface area contributed by atoms with Gasteiger partial charge >= 0.3 is 0 Å². The van der Waals surface area contributed by atoms with E-state index in [1.54, 1.807) is 0 Å². The van der Waals surface area contributed by atoms with Gasteiger partial charge in [0.2, 0.25) is 10.0 Å². The molecule has 4 nitrogen and oxygen atoms in total. The minimum atomic E-state index is -3.39. The molecule has 1 aliphatic rings. The van der Waals surface area contributed by atoms with Gasteiger partial charge in [0.15, 0.2) is 0 Å². The molecule has 0 radical (unpaired) electrons. The van der Waals surface area contributed by atoms with Crippen LogP contribution in [0.3, 0.4) is 0 Å². The summed E-state index contributed by atoms with van der Waals surface area (Å²) in [6.45, 7) is 8.34. The Kier molecular flexibility index (Phi) is 4.75. The molecule has 0 aromatic rings. The summed E-state index contributed by atoms with van der Waals surface area (Å²) in [7, 11) is -0.340. The Labute approximate surface area is 118 Å². The molecule has 1 fully saturated rings. The predicted octanol–water partition coefficient (Wildman–Crippen LogP) is 2.09. The summed E-state index contributed by atoms with van der Waals surface area (Å²) in [5.74, 6) is 0.228. The molecular weight excluding hydrogens is 262 g/mol. The quantitative estimate of drug-likeness (QED) is 0.866. The fraction of sp³-hybridized carbons (Fsp3) is 1.00. The molecule has 0 saturated heterocycles. The van der Waals surface area contributed by atoms with Crippen LogP contribution < -0.4 is 0 Å². The summed E-state index contributed by atoms with van der Waals surface area (Å²) in [6, 6.07) is 0. The van der Waals surface area contributed by atoms with Crippen molar-refractivity contribution in [3.63, 3.8) is 0 Å². The highest BCUT2D eigenvalue weighted by Crippen LogP contribution is 2.46. The molecule has 1 N–H and O–H groups in total. The van der Waals surface area contributed by atoms with E-state index in [1.807, 2.05) is 0 Å². The summed E-state index contributed by atoms with van der Waals surface area (Å²) < 4.78 is 25.5. The van der Waals surface area contributed by atoms with Crippen molar-refractivity contribution in [1.82, 2.24) is 4.31 Å². The van der Waals surface area contributed by atoms with Gasteiger partial charge in [-0.1, -0.05) is 34.1 Å². The van der Waals surface area contributed by atoms with E-state index >= 15 is 0 Å². The molecule has 0 heterocycles. The first kappa shape index (κ1) is 16.9. The number of hydrogen-bond donors (Lipinski definition) is 1. The second kappa shape index (κ2) is 5.34. The maximum atomic E-state index is 12.1. The molecule has 0 aromatic carbocycles. The molecule has 0 spiro atoms. The molecule has 3 atom stereocenters. The second-order valence-electron chi connectivity index (χ2n) is 7.45. The molecule has 5 heteroatoms. The molecule has 19 heavy (non-hydrogen) atoms. The molecule has 1 aliphatic carbocycles. The summed E-state index contributed by atoms with van der Waals surface area (Å²) in [5.41, 5.74) is -1.20. The van der Waals surface area contributed by atoms with Crippen molar-refractivity contribution >= 4 is 10.0 Å². The Morgan fingerprint density at radius 1 is 1.26 bits per heavy atom. The minimum absolute atomic E-state index is 0.0194. The van der Waals surface area contributed by atoms with Gasteiger partial charge in [0.25, 0.3) is 0 Å². The molecule has 0 aromatic heterocycles. The van der Waals surface area contributed by atoms with E-state index in [0.717, 1.165) is 12.8 Å². The van der Waals surface area contributed by atoms with Gasteiger partial charge in [-0.25, -0.2) is 12.7 Å². The Balaban J connectivity index is 3.08. The Hall–Kier alpha value is -0.130. The summed E-state index contributed by atoms with van der Waals surface area (Å²) in [6.07, 6.45) is 2.53. The summed E-state index contributed by atoms with van der Waals surface area (Å²) in [5, 5.41) is 11.0. The van der Waals surface area contributed by atoms with Crippen LogP contribution >= 0.6 is 0 Å².